The Kier molecular flexibility index (Phi) is 12.3. The Morgan fingerprint density at radius 2 is 1.82 bits per heavy atom. The average Bonchev–Trinajstić information content (AvgIpc) is 3.77. The molecule has 0 N–H and O–H groups in total. The Morgan fingerprint density at radius 3 is 2.67 bits per heavy atom. The maximum atomic E-state index is 13.2. The predicted octanol–water partition coefficient (Wildman–Crippen LogP) is 11.6. The van der Waals surface area contributed by atoms with Crippen LogP contribution in [0.25, 0.3) is 28.6 Å². The van der Waals surface area contributed by atoms with Gasteiger partial charge in [0, 0.05) is 37.1 Å². The molecule has 5 aliphatic carbocycles. The molecule has 1 aliphatic heterocycles. The topological polar surface area (TPSA) is 104 Å². The summed E-state index contributed by atoms with van der Waals surface area (Å²) in [6.07, 6.45) is 27.3. The van der Waals surface area contributed by atoms with E-state index in [4.69, 9.17) is 28.6 Å². The first-order valence-electron chi connectivity index (χ1n) is 23.8. The van der Waals surface area contributed by atoms with Crippen LogP contribution in [0.4, 0.5) is 5.82 Å². The van der Waals surface area contributed by atoms with E-state index in [2.05, 4.69) is 56.9 Å². The zero-order valence-electron chi connectivity index (χ0n) is 37.1. The molecule has 1 saturated heterocycles. The van der Waals surface area contributed by atoms with Gasteiger partial charge in [-0.1, -0.05) is 89.0 Å². The molecule has 0 amide bonds. The zero-order chi connectivity index (χ0) is 42.1. The molecule has 9 heteroatoms. The van der Waals surface area contributed by atoms with Crippen LogP contribution >= 0.6 is 0 Å². The van der Waals surface area contributed by atoms with Crippen molar-refractivity contribution in [1.29, 1.82) is 0 Å². The Bertz CT molecular complexity index is 2180. The number of hydrogen-bond donors (Lipinski definition) is 0. The number of furan rings is 1. The van der Waals surface area contributed by atoms with E-state index in [0.29, 0.717) is 48.9 Å². The smallest absolute Gasteiger partial charge is 0.311 e. The van der Waals surface area contributed by atoms with Crippen LogP contribution in [0, 0.1) is 40.4 Å². The molecule has 9 nitrogen and oxygen atoms in total. The van der Waals surface area contributed by atoms with Gasteiger partial charge in [-0.2, -0.15) is 0 Å². The van der Waals surface area contributed by atoms with Gasteiger partial charge >= 0.3 is 11.9 Å². The number of unbranched alkanes of at least 4 members (excludes halogenated alkanes) is 1. The molecule has 3 heterocycles. The first kappa shape index (κ1) is 42.1. The van der Waals surface area contributed by atoms with E-state index in [1.165, 1.54) is 63.4 Å². The van der Waals surface area contributed by atoms with Crippen LogP contribution < -0.4 is 9.64 Å². The maximum Gasteiger partial charge on any atom is 0.311 e. The van der Waals surface area contributed by atoms with Crippen molar-refractivity contribution in [2.75, 3.05) is 31.2 Å². The van der Waals surface area contributed by atoms with E-state index in [0.717, 1.165) is 89.9 Å². The SMILES string of the molecule is CC(C)CCCCC1CCC2C3CC=C4CC(OC(=O)CCC(=O)Oc5cccc(-c6nc(N7CCOCC7)c7oc8c(c7n6)C=CC=CCC8)c5)CCC4(C)C3CCC12C. The van der Waals surface area contributed by atoms with Gasteiger partial charge in [-0.15, -0.1) is 0 Å². The number of esters is 2. The Balaban J connectivity index is 0.803. The molecule has 3 saturated carbocycles. The lowest BCUT2D eigenvalue weighted by atomic mass is 9.47. The molecule has 0 spiro atoms. The number of hydrogen-bond acceptors (Lipinski definition) is 9. The molecule has 2 aromatic heterocycles. The van der Waals surface area contributed by atoms with Crippen molar-refractivity contribution < 1.29 is 28.2 Å². The maximum absolute atomic E-state index is 13.2. The predicted molar refractivity (Wildman–Crippen MR) is 240 cm³/mol. The molecule has 7 atom stereocenters. The lowest BCUT2D eigenvalue weighted by Crippen LogP contribution is -2.50. The largest absolute Gasteiger partial charge is 0.462 e. The second kappa shape index (κ2) is 17.9. The molecular formula is C52H67N3O6. The van der Waals surface area contributed by atoms with Crippen molar-refractivity contribution in [1.82, 2.24) is 9.97 Å². The summed E-state index contributed by atoms with van der Waals surface area (Å²) in [4.78, 5) is 38.6. The van der Waals surface area contributed by atoms with Crippen LogP contribution in [0.15, 0.2) is 58.6 Å². The van der Waals surface area contributed by atoms with Gasteiger partial charge in [-0.25, -0.2) is 9.97 Å². The summed E-state index contributed by atoms with van der Waals surface area (Å²) in [5, 5.41) is 0. The van der Waals surface area contributed by atoms with E-state index >= 15 is 0 Å². The van der Waals surface area contributed by atoms with Crippen LogP contribution in [0.3, 0.4) is 0 Å². The normalized spacial score (nSPS) is 29.6. The quantitative estimate of drug-likeness (QED) is 0.0764. The van der Waals surface area contributed by atoms with E-state index in [-0.39, 0.29) is 30.3 Å². The summed E-state index contributed by atoms with van der Waals surface area (Å²) in [5.41, 5.74) is 5.35. The van der Waals surface area contributed by atoms with Crippen molar-refractivity contribution in [2.24, 2.45) is 40.4 Å². The fourth-order valence-electron chi connectivity index (χ4n) is 12.6. The first-order chi connectivity index (χ1) is 29.6. The third-order valence-electron chi connectivity index (χ3n) is 16.0. The van der Waals surface area contributed by atoms with Crippen LogP contribution in [0.2, 0.25) is 0 Å². The summed E-state index contributed by atoms with van der Waals surface area (Å²) in [7, 11) is 0. The Hall–Kier alpha value is -4.24. The van der Waals surface area contributed by atoms with Gasteiger partial charge in [0.2, 0.25) is 0 Å². The number of rotatable bonds is 12. The Morgan fingerprint density at radius 1 is 0.967 bits per heavy atom. The van der Waals surface area contributed by atoms with Crippen LogP contribution in [-0.2, 0) is 25.5 Å². The highest BCUT2D eigenvalue weighted by Gasteiger charge is 2.58. The minimum atomic E-state index is -0.472. The number of benzene rings is 1. The van der Waals surface area contributed by atoms with Crippen molar-refractivity contribution in [3.8, 4) is 17.1 Å². The summed E-state index contributed by atoms with van der Waals surface area (Å²) in [6.45, 7) is 12.5. The molecule has 3 aromatic rings. The summed E-state index contributed by atoms with van der Waals surface area (Å²) in [6, 6.07) is 7.30. The molecule has 7 unspecified atom stereocenters. The molecule has 4 fully saturated rings. The number of carbonyl (C=O) groups is 2. The molecule has 0 bridgehead atoms. The van der Waals surface area contributed by atoms with Gasteiger partial charge in [0.15, 0.2) is 17.2 Å². The van der Waals surface area contributed by atoms with E-state index < -0.39 is 5.97 Å². The molecule has 6 aliphatic rings. The van der Waals surface area contributed by atoms with Gasteiger partial charge in [-0.05, 0) is 116 Å². The van der Waals surface area contributed by atoms with Gasteiger partial charge in [0.05, 0.1) is 26.1 Å². The third-order valence-corrected chi connectivity index (χ3v) is 16.0. The second-order valence-corrected chi connectivity index (χ2v) is 20.0. The molecule has 326 valence electrons. The number of carbonyl (C=O) groups excluding carboxylic acids is 2. The fraction of sp³-hybridized carbons (Fsp3) is 0.615. The van der Waals surface area contributed by atoms with Crippen LogP contribution in [0.1, 0.15) is 135 Å². The van der Waals surface area contributed by atoms with E-state index in [1.807, 2.05) is 18.2 Å². The second-order valence-electron chi connectivity index (χ2n) is 20.0. The third kappa shape index (κ3) is 8.62. The summed E-state index contributed by atoms with van der Waals surface area (Å²) < 4.78 is 24.0. The monoisotopic (exact) mass is 830 g/mol. The number of anilines is 1. The van der Waals surface area contributed by atoms with Gasteiger partial charge in [0.1, 0.15) is 23.1 Å². The zero-order valence-corrected chi connectivity index (χ0v) is 37.1. The summed E-state index contributed by atoms with van der Waals surface area (Å²) >= 11 is 0. The molecule has 9 rings (SSSR count). The summed E-state index contributed by atoms with van der Waals surface area (Å²) in [5.74, 6) is 5.81. The lowest BCUT2D eigenvalue weighted by molar-refractivity contribution is -0.153. The van der Waals surface area contributed by atoms with Crippen molar-refractivity contribution in [3.63, 3.8) is 0 Å². The van der Waals surface area contributed by atoms with Crippen LogP contribution in [-0.4, -0.2) is 54.3 Å². The van der Waals surface area contributed by atoms with Gasteiger partial charge in [0.25, 0.3) is 0 Å². The minimum Gasteiger partial charge on any atom is -0.462 e. The molecular weight excluding hydrogens is 763 g/mol. The molecule has 61 heavy (non-hydrogen) atoms. The van der Waals surface area contributed by atoms with Crippen molar-refractivity contribution >= 4 is 34.9 Å². The van der Waals surface area contributed by atoms with E-state index in [9.17, 15) is 9.59 Å². The number of fused-ring (bicyclic) bond motifs is 8. The van der Waals surface area contributed by atoms with Gasteiger partial charge in [-0.3, -0.25) is 9.59 Å². The molecule has 1 aromatic carbocycles. The highest BCUT2D eigenvalue weighted by Crippen LogP contribution is 2.67. The fourth-order valence-corrected chi connectivity index (χ4v) is 12.6. The highest BCUT2D eigenvalue weighted by atomic mass is 16.5. The number of nitrogens with zero attached hydrogens (tertiary/aromatic N) is 3. The standard InChI is InChI=1S/C52H67N3O6/c1-34(2)12-9-10-14-36-19-21-42-40-20-18-37-33-39(24-26-52(37,4)43(40)25-27-51(36,42)3)60-46(57)23-22-45(56)59-38-15-11-13-35(32-38)49-53-47-41-16-7-5-6-8-17-44(41)61-48(47)50(54-49)55-28-30-58-31-29-55/h5-7,11,13,15-16,18,32,34,36,39-40,42-43H,8-10,12,14,17,19-31,33H2,1-4H3. The minimum absolute atomic E-state index is 0.00800. The van der Waals surface area contributed by atoms with Crippen molar-refractivity contribution in [2.45, 2.75) is 137 Å². The number of aryl methyl sites for hydroxylation is 1. The number of allylic oxidation sites excluding steroid dienone is 4. The van der Waals surface area contributed by atoms with Crippen LogP contribution in [0.5, 0.6) is 5.75 Å². The van der Waals surface area contributed by atoms with Crippen molar-refractivity contribution in [3.05, 3.63) is 65.5 Å². The molecule has 0 radical (unpaired) electrons. The number of morpholine rings is 1. The Labute approximate surface area is 362 Å². The highest BCUT2D eigenvalue weighted by molar-refractivity contribution is 5.93. The number of ether oxygens (including phenoxy) is 3. The van der Waals surface area contributed by atoms with Gasteiger partial charge < -0.3 is 23.5 Å². The lowest BCUT2D eigenvalue weighted by Gasteiger charge is -2.58. The number of aromatic nitrogens is 2. The first-order valence-corrected chi connectivity index (χ1v) is 23.8. The van der Waals surface area contributed by atoms with E-state index in [1.54, 1.807) is 12.1 Å². The average molecular weight is 830 g/mol.